The van der Waals surface area contributed by atoms with E-state index >= 15 is 0 Å². The van der Waals surface area contributed by atoms with Crippen molar-refractivity contribution < 1.29 is 145 Å². The van der Waals surface area contributed by atoms with Crippen LogP contribution in [0, 0.1) is 10.8 Å². The first-order valence-electron chi connectivity index (χ1n) is 11.7. The van der Waals surface area contributed by atoms with Crippen molar-refractivity contribution in [2.75, 3.05) is 0 Å². The molecule has 4 rings (SSSR count). The van der Waals surface area contributed by atoms with Gasteiger partial charge >= 0.3 is 84.0 Å². The summed E-state index contributed by atoms with van der Waals surface area (Å²) in [4.78, 5) is 0. The molecule has 10 nitrogen and oxygen atoms in total. The Morgan fingerprint density at radius 3 is 0.673 bits per heavy atom. The summed E-state index contributed by atoms with van der Waals surface area (Å²) in [6.45, 7) is 0.996. The molecule has 0 aromatic carbocycles. The van der Waals surface area contributed by atoms with Gasteiger partial charge in [0.05, 0.1) is 0 Å². The smallest absolute Gasteiger partial charge is 0.330 e. The number of hydrogen-bond donors (Lipinski definition) is 2. The molecule has 2 spiro atoms. The molecular formula is C18H10F22O10Rf2. The summed E-state index contributed by atoms with van der Waals surface area (Å²) in [6, 6.07) is -13.0. The van der Waals surface area contributed by atoms with Gasteiger partial charge < -0.3 is 10.2 Å². The molecule has 4 saturated heterocycles. The van der Waals surface area contributed by atoms with Gasteiger partial charge in [-0.2, -0.15) is 96.6 Å². The van der Waals surface area contributed by atoms with Crippen molar-refractivity contribution in [3.8, 4) is 0 Å². The third-order valence-electron chi connectivity index (χ3n) is 6.50. The second-order valence-corrected chi connectivity index (χ2v) is 9.80. The van der Waals surface area contributed by atoms with E-state index in [1.165, 1.54) is 0 Å². The van der Waals surface area contributed by atoms with E-state index in [2.05, 4.69) is 37.9 Å². The van der Waals surface area contributed by atoms with Gasteiger partial charge in [-0.05, 0) is 13.8 Å². The first-order valence-corrected chi connectivity index (χ1v) is 11.7. The summed E-state index contributed by atoms with van der Waals surface area (Å²) in [5.41, 5.74) is -13.1. The molecular weight excluding hydrogens is 1330 g/mol. The zero-order valence-corrected chi connectivity index (χ0v) is 36.8. The summed E-state index contributed by atoms with van der Waals surface area (Å²) in [6.07, 6.45) is -70.2. The van der Waals surface area contributed by atoms with E-state index in [9.17, 15) is 96.6 Å². The Bertz CT molecular complexity index is 1150. The third kappa shape index (κ3) is 5.53. The Hall–Kier alpha value is -3.94. The van der Waals surface area contributed by atoms with Gasteiger partial charge in [-0.15, -0.1) is 0 Å². The van der Waals surface area contributed by atoms with Gasteiger partial charge in [-0.3, -0.25) is 37.9 Å². The zero-order valence-electron chi connectivity index (χ0n) is 24.0. The fraction of sp³-hybridized carbons (Fsp3) is 1.00. The van der Waals surface area contributed by atoms with Crippen LogP contribution in [0.1, 0.15) is 13.8 Å². The average Bonchev–Trinajstić information content (AvgIpc) is 2.69. The molecule has 0 unspecified atom stereocenters. The Morgan fingerprint density at radius 2 is 0.519 bits per heavy atom. The first kappa shape index (κ1) is 46.1. The number of halogens is 22. The Labute approximate surface area is 256 Å². The Kier molecular flexibility index (Phi) is 10.0. The summed E-state index contributed by atoms with van der Waals surface area (Å²) in [7, 11) is 0. The summed E-state index contributed by atoms with van der Waals surface area (Å²) in [5.74, 6) is 0. The van der Waals surface area contributed by atoms with E-state index in [-0.39, 0.29) is 0 Å². The van der Waals surface area contributed by atoms with Gasteiger partial charge in [-0.1, -0.05) is 0 Å². The molecule has 4 aliphatic rings. The van der Waals surface area contributed by atoms with Crippen molar-refractivity contribution in [1.29, 1.82) is 0 Å². The number of rotatable bonds is 2. The molecule has 34 heteroatoms. The monoisotopic (exact) mass is 1340 g/mol. The fourth-order valence-electron chi connectivity index (χ4n) is 4.52. The Morgan fingerprint density at radius 1 is 0.365 bits per heavy atom. The molecule has 0 radical (unpaired) electrons. The Balaban J connectivity index is 0.000000524. The van der Waals surface area contributed by atoms with E-state index in [1.807, 2.05) is 0 Å². The molecule has 300 valence electrons. The zero-order chi connectivity index (χ0) is 39.8. The second-order valence-electron chi connectivity index (χ2n) is 9.80. The van der Waals surface area contributed by atoms with Gasteiger partial charge in [0.2, 0.25) is 0 Å². The average molecular weight is 1340 g/mol. The summed E-state index contributed by atoms with van der Waals surface area (Å²) in [5, 5.41) is 15.9. The molecule has 0 saturated carbocycles. The number of alkyl halides is 22. The molecule has 4 heterocycles. The number of hydrogen-bond acceptors (Lipinski definition) is 10. The predicted molar refractivity (Wildman–Crippen MR) is 94.1 cm³/mol. The molecule has 0 amide bonds. The maximum Gasteiger partial charge on any atom is 0.441 e. The van der Waals surface area contributed by atoms with Crippen molar-refractivity contribution in [3.05, 3.63) is 0 Å². The van der Waals surface area contributed by atoms with E-state index < -0.39 is 96.6 Å². The first-order chi connectivity index (χ1) is 21.5. The van der Waals surface area contributed by atoms with Gasteiger partial charge in [0.25, 0.3) is 0 Å². The summed E-state index contributed by atoms with van der Waals surface area (Å²) >= 11 is 0. The minimum atomic E-state index is -7.35. The standard InChI is InChI=1S/C9H2F14O6.C9H8F8O4.2Rf/c10-2(11,24)8(22)26-4(14,15)1(5(16,17)27-8)6(18,19)28-9(23,3(12,13)25)29-7(1,20)21;1-3-18-6(10,11)5(7(12,13)19-3)8(14,15)20-4(2)21-9(5,16)17;;/h24-25H;3-4H,1-2H3;;. The van der Waals surface area contributed by atoms with Crippen LogP contribution in [-0.2, 0) is 37.9 Å². The molecule has 4 fully saturated rings. The van der Waals surface area contributed by atoms with Crippen LogP contribution < -0.4 is 0 Å². The van der Waals surface area contributed by atoms with Crippen molar-refractivity contribution in [2.24, 2.45) is 10.8 Å². The van der Waals surface area contributed by atoms with Crippen LogP contribution in [-0.4, -0.2) is 96.0 Å². The molecule has 2 N–H and O–H groups in total. The molecule has 0 aromatic rings. The van der Waals surface area contributed by atoms with Crippen LogP contribution in [0.5, 0.6) is 0 Å². The minimum absolute atomic E-state index is 0. The largest absolute Gasteiger partial charge is 0.441 e. The number of aliphatic hydroxyl groups is 2. The van der Waals surface area contributed by atoms with E-state index in [1.54, 1.807) is 0 Å². The van der Waals surface area contributed by atoms with Gasteiger partial charge in [-0.25, -0.2) is 0 Å². The van der Waals surface area contributed by atoms with E-state index in [0.29, 0.717) is 13.8 Å². The maximum atomic E-state index is 13.8. The van der Waals surface area contributed by atoms with Crippen molar-refractivity contribution >= 4 is 0 Å². The second kappa shape index (κ2) is 11.3. The molecule has 0 atom stereocenters. The van der Waals surface area contributed by atoms with Crippen molar-refractivity contribution in [1.82, 2.24) is 0 Å². The topological polar surface area (TPSA) is 114 Å². The number of ether oxygens (including phenoxy) is 8. The SMILES string of the molecule is CC1OC(F)(F)C2(C(F)(F)O1)C(F)(F)OC(C)OC2(F)F.OC(F)(F)C1(F)OC(F)(F)C2(C(F)(F)O1)C(F)(F)OC(F)(C(O)(F)F)OC2(F)F.[Rf].[Rf]. The van der Waals surface area contributed by atoms with Crippen molar-refractivity contribution in [2.45, 2.75) is 99.6 Å². The minimum Gasteiger partial charge on any atom is -0.330 e. The van der Waals surface area contributed by atoms with Crippen LogP contribution in [0.15, 0.2) is 0 Å². The van der Waals surface area contributed by atoms with Crippen LogP contribution in [0.3, 0.4) is 0 Å². The van der Waals surface area contributed by atoms with E-state index in [0.717, 1.165) is 0 Å². The maximum absolute atomic E-state index is 13.8. The van der Waals surface area contributed by atoms with Crippen LogP contribution in [0.2, 0.25) is 0 Å². The van der Waals surface area contributed by atoms with Gasteiger partial charge in [0.1, 0.15) is 0 Å². The quantitative estimate of drug-likeness (QED) is 0.321. The molecule has 52 heavy (non-hydrogen) atoms. The van der Waals surface area contributed by atoms with Crippen LogP contribution in [0.25, 0.3) is 0 Å². The predicted octanol–water partition coefficient (Wildman–Crippen LogP) is 5.98. The van der Waals surface area contributed by atoms with E-state index in [4.69, 9.17) is 10.2 Å². The molecule has 4 aliphatic heterocycles. The fourth-order valence-corrected chi connectivity index (χ4v) is 4.52. The van der Waals surface area contributed by atoms with Crippen molar-refractivity contribution in [3.63, 3.8) is 0 Å². The summed E-state index contributed by atoms with van der Waals surface area (Å²) < 4.78 is 320. The van der Waals surface area contributed by atoms with Gasteiger partial charge in [0.15, 0.2) is 12.6 Å². The molecule has 0 aliphatic carbocycles. The third-order valence-corrected chi connectivity index (χ3v) is 6.50. The normalized spacial score (nSPS) is 40.7. The molecule has 0 aromatic heterocycles. The van der Waals surface area contributed by atoms with Gasteiger partial charge in [0, 0.05) is 0 Å². The van der Waals surface area contributed by atoms with Crippen LogP contribution in [0.4, 0.5) is 96.6 Å². The molecule has 0 bridgehead atoms. The van der Waals surface area contributed by atoms with Crippen LogP contribution >= 0.6 is 0 Å².